The molecule has 0 aromatic carbocycles. The second kappa shape index (κ2) is 3.57. The number of esters is 1. The maximum absolute atomic E-state index is 11.0. The van der Waals surface area contributed by atoms with Gasteiger partial charge in [-0.15, -0.1) is 0 Å². The Hall–Kier alpha value is -1.36. The van der Waals surface area contributed by atoms with Gasteiger partial charge in [0.1, 0.15) is 6.04 Å². The zero-order chi connectivity index (χ0) is 10.0. The third-order valence-corrected chi connectivity index (χ3v) is 1.91. The second-order valence-corrected chi connectivity index (χ2v) is 2.84. The second-order valence-electron chi connectivity index (χ2n) is 2.84. The van der Waals surface area contributed by atoms with E-state index < -0.39 is 12.0 Å². The topological polar surface area (TPSA) is 70.1 Å². The quantitative estimate of drug-likeness (QED) is 0.650. The van der Waals surface area contributed by atoms with E-state index in [1.165, 1.54) is 7.11 Å². The predicted octanol–water partition coefficient (Wildman–Crippen LogP) is -0.0987. The first kappa shape index (κ1) is 9.73. The summed E-state index contributed by atoms with van der Waals surface area (Å²) in [7, 11) is 3.10. The molecule has 1 atom stereocenters. The van der Waals surface area contributed by atoms with Gasteiger partial charge in [0.05, 0.1) is 12.8 Å². The number of rotatable bonds is 2. The SMILES string of the molecule is COC(=O)C(N)c1cc(C)n(C)n1. The zero-order valence-corrected chi connectivity index (χ0v) is 7.94. The summed E-state index contributed by atoms with van der Waals surface area (Å²) in [5.74, 6) is -0.474. The van der Waals surface area contributed by atoms with Crippen molar-refractivity contribution in [3.8, 4) is 0 Å². The lowest BCUT2D eigenvalue weighted by molar-refractivity contribution is -0.142. The molecule has 1 heterocycles. The van der Waals surface area contributed by atoms with Crippen molar-refractivity contribution in [1.29, 1.82) is 0 Å². The van der Waals surface area contributed by atoms with Crippen molar-refractivity contribution in [2.75, 3.05) is 7.11 Å². The van der Waals surface area contributed by atoms with Gasteiger partial charge in [0.2, 0.25) is 0 Å². The van der Waals surface area contributed by atoms with Gasteiger partial charge in [-0.25, -0.2) is 4.79 Å². The van der Waals surface area contributed by atoms with E-state index in [0.717, 1.165) is 5.69 Å². The van der Waals surface area contributed by atoms with E-state index in [4.69, 9.17) is 5.73 Å². The molecule has 0 aliphatic heterocycles. The molecule has 2 N–H and O–H groups in total. The van der Waals surface area contributed by atoms with E-state index >= 15 is 0 Å². The van der Waals surface area contributed by atoms with Crippen LogP contribution in [0, 0.1) is 6.92 Å². The minimum absolute atomic E-state index is 0.474. The molecule has 0 spiro atoms. The first-order chi connectivity index (χ1) is 6.06. The van der Waals surface area contributed by atoms with Crippen molar-refractivity contribution in [2.24, 2.45) is 12.8 Å². The highest BCUT2D eigenvalue weighted by molar-refractivity contribution is 5.76. The van der Waals surface area contributed by atoms with Crippen LogP contribution in [0.5, 0.6) is 0 Å². The van der Waals surface area contributed by atoms with E-state index in [-0.39, 0.29) is 0 Å². The van der Waals surface area contributed by atoms with Crippen molar-refractivity contribution in [1.82, 2.24) is 9.78 Å². The van der Waals surface area contributed by atoms with Crippen LogP contribution in [0.2, 0.25) is 0 Å². The van der Waals surface area contributed by atoms with E-state index in [9.17, 15) is 4.79 Å². The first-order valence-corrected chi connectivity index (χ1v) is 3.90. The van der Waals surface area contributed by atoms with Crippen LogP contribution >= 0.6 is 0 Å². The Morgan fingerprint density at radius 2 is 2.38 bits per heavy atom. The molecule has 0 bridgehead atoms. The third kappa shape index (κ3) is 1.86. The molecule has 0 radical (unpaired) electrons. The van der Waals surface area contributed by atoms with Crippen LogP contribution in [0.1, 0.15) is 17.4 Å². The van der Waals surface area contributed by atoms with E-state index in [1.807, 2.05) is 6.92 Å². The van der Waals surface area contributed by atoms with Gasteiger partial charge >= 0.3 is 5.97 Å². The molecule has 0 aliphatic rings. The first-order valence-electron chi connectivity index (χ1n) is 3.90. The summed E-state index contributed by atoms with van der Waals surface area (Å²) < 4.78 is 6.17. The molecule has 5 nitrogen and oxygen atoms in total. The highest BCUT2D eigenvalue weighted by Gasteiger charge is 2.19. The van der Waals surface area contributed by atoms with Crippen molar-refractivity contribution >= 4 is 5.97 Å². The van der Waals surface area contributed by atoms with Gasteiger partial charge in [-0.2, -0.15) is 5.10 Å². The molecular weight excluding hydrogens is 170 g/mol. The molecule has 72 valence electrons. The molecule has 1 aromatic rings. The van der Waals surface area contributed by atoms with Gasteiger partial charge in [0.15, 0.2) is 0 Å². The maximum atomic E-state index is 11.0. The monoisotopic (exact) mass is 183 g/mol. The zero-order valence-electron chi connectivity index (χ0n) is 7.94. The Balaban J connectivity index is 2.89. The van der Waals surface area contributed by atoms with Crippen LogP contribution in [0.25, 0.3) is 0 Å². The highest BCUT2D eigenvalue weighted by Crippen LogP contribution is 2.10. The summed E-state index contributed by atoms with van der Waals surface area (Å²) in [5.41, 5.74) is 7.07. The van der Waals surface area contributed by atoms with Gasteiger partial charge in [-0.3, -0.25) is 4.68 Å². The lowest BCUT2D eigenvalue weighted by atomic mass is 10.2. The highest BCUT2D eigenvalue weighted by atomic mass is 16.5. The Morgan fingerprint density at radius 3 is 2.77 bits per heavy atom. The fraction of sp³-hybridized carbons (Fsp3) is 0.500. The van der Waals surface area contributed by atoms with Crippen LogP contribution in [-0.2, 0) is 16.6 Å². The van der Waals surface area contributed by atoms with Crippen LogP contribution < -0.4 is 5.73 Å². The average Bonchev–Trinajstić information content (AvgIpc) is 2.44. The van der Waals surface area contributed by atoms with Crippen molar-refractivity contribution in [3.05, 3.63) is 17.5 Å². The average molecular weight is 183 g/mol. The molecule has 5 heteroatoms. The summed E-state index contributed by atoms with van der Waals surface area (Å²) in [5, 5.41) is 4.07. The fourth-order valence-corrected chi connectivity index (χ4v) is 0.988. The number of carbonyl (C=O) groups is 1. The van der Waals surface area contributed by atoms with E-state index in [1.54, 1.807) is 17.8 Å². The van der Waals surface area contributed by atoms with E-state index in [2.05, 4.69) is 9.84 Å². The summed E-state index contributed by atoms with van der Waals surface area (Å²) in [6, 6.07) is 0.978. The van der Waals surface area contributed by atoms with E-state index in [0.29, 0.717) is 5.69 Å². The summed E-state index contributed by atoms with van der Waals surface area (Å²) in [4.78, 5) is 11.0. The number of ether oxygens (including phenoxy) is 1. The van der Waals surface area contributed by atoms with Crippen LogP contribution in [0.4, 0.5) is 0 Å². The molecule has 0 saturated carbocycles. The molecule has 0 saturated heterocycles. The Morgan fingerprint density at radius 1 is 1.77 bits per heavy atom. The number of aryl methyl sites for hydroxylation is 2. The van der Waals surface area contributed by atoms with Crippen LogP contribution in [0.3, 0.4) is 0 Å². The molecule has 1 rings (SSSR count). The summed E-state index contributed by atoms with van der Waals surface area (Å²) >= 11 is 0. The lowest BCUT2D eigenvalue weighted by Crippen LogP contribution is -2.23. The van der Waals surface area contributed by atoms with Crippen LogP contribution in [-0.4, -0.2) is 22.9 Å². The number of methoxy groups -OCH3 is 1. The minimum Gasteiger partial charge on any atom is -0.468 e. The largest absolute Gasteiger partial charge is 0.468 e. The fourth-order valence-electron chi connectivity index (χ4n) is 0.988. The molecule has 0 amide bonds. The van der Waals surface area contributed by atoms with Crippen molar-refractivity contribution < 1.29 is 9.53 Å². The maximum Gasteiger partial charge on any atom is 0.328 e. The van der Waals surface area contributed by atoms with Gasteiger partial charge < -0.3 is 10.5 Å². The van der Waals surface area contributed by atoms with Gasteiger partial charge in [-0.1, -0.05) is 0 Å². The summed E-state index contributed by atoms with van der Waals surface area (Å²) in [6.45, 7) is 1.89. The predicted molar refractivity (Wildman–Crippen MR) is 46.9 cm³/mol. The summed E-state index contributed by atoms with van der Waals surface area (Å²) in [6.07, 6.45) is 0. The number of carbonyl (C=O) groups excluding carboxylic acids is 1. The lowest BCUT2D eigenvalue weighted by Gasteiger charge is -2.04. The molecule has 0 fully saturated rings. The Bertz CT molecular complexity index is 300. The minimum atomic E-state index is -0.787. The molecule has 1 aromatic heterocycles. The number of hydrogen-bond acceptors (Lipinski definition) is 4. The normalized spacial score (nSPS) is 12.6. The van der Waals surface area contributed by atoms with Crippen LogP contribution in [0.15, 0.2) is 6.07 Å². The molecule has 13 heavy (non-hydrogen) atoms. The third-order valence-electron chi connectivity index (χ3n) is 1.91. The number of aromatic nitrogens is 2. The van der Waals surface area contributed by atoms with Gasteiger partial charge in [0.25, 0.3) is 0 Å². The molecular formula is C8H13N3O2. The number of hydrogen-bond donors (Lipinski definition) is 1. The molecule has 1 unspecified atom stereocenters. The smallest absolute Gasteiger partial charge is 0.328 e. The van der Waals surface area contributed by atoms with Gasteiger partial charge in [0, 0.05) is 12.7 Å². The number of nitrogens with zero attached hydrogens (tertiary/aromatic N) is 2. The van der Waals surface area contributed by atoms with Crippen molar-refractivity contribution in [2.45, 2.75) is 13.0 Å². The van der Waals surface area contributed by atoms with Crippen molar-refractivity contribution in [3.63, 3.8) is 0 Å². The standard InChI is InChI=1S/C8H13N3O2/c1-5-4-6(10-11(5)2)7(9)8(12)13-3/h4,7H,9H2,1-3H3. The Labute approximate surface area is 76.5 Å². The Kier molecular flexibility index (Phi) is 2.67. The van der Waals surface area contributed by atoms with Gasteiger partial charge in [-0.05, 0) is 13.0 Å². The molecule has 0 aliphatic carbocycles. The number of nitrogens with two attached hydrogens (primary N) is 1.